The van der Waals surface area contributed by atoms with E-state index in [0.717, 1.165) is 11.5 Å². The number of anilines is 1. The average molecular weight is 292 g/mol. The second-order valence-electron chi connectivity index (χ2n) is 4.75. The minimum absolute atomic E-state index is 0.206. The lowest BCUT2D eigenvalue weighted by molar-refractivity contribution is 0.183. The first-order valence-corrected chi connectivity index (χ1v) is 6.73. The molecule has 0 aliphatic rings. The second-order valence-corrected chi connectivity index (χ2v) is 4.75. The summed E-state index contributed by atoms with van der Waals surface area (Å²) in [7, 11) is 1.63. The average Bonchev–Trinajstić information content (AvgIpc) is 3.05. The van der Waals surface area contributed by atoms with Gasteiger partial charge < -0.3 is 19.8 Å². The molecule has 2 aromatic rings. The molecule has 0 fully saturated rings. The van der Waals surface area contributed by atoms with Crippen molar-refractivity contribution >= 4 is 11.7 Å². The van der Waals surface area contributed by atoms with Gasteiger partial charge >= 0.3 is 6.03 Å². The zero-order valence-electron chi connectivity index (χ0n) is 12.4. The molecule has 2 rings (SSSR count). The Hall–Kier alpha value is -2.28. The third-order valence-corrected chi connectivity index (χ3v) is 2.95. The predicted octanol–water partition coefficient (Wildman–Crippen LogP) is 2.31. The lowest BCUT2D eigenvalue weighted by Gasteiger charge is -2.11. The minimum Gasteiger partial charge on any atom is -0.464 e. The number of hydrogen-bond donors (Lipinski definition) is 2. The summed E-state index contributed by atoms with van der Waals surface area (Å²) in [5.74, 6) is 1.54. The number of rotatable bonds is 6. The summed E-state index contributed by atoms with van der Waals surface area (Å²) in [5.41, 5.74) is 0.631. The van der Waals surface area contributed by atoms with Gasteiger partial charge in [-0.1, -0.05) is 0 Å². The molecule has 0 aliphatic heterocycles. The Bertz CT molecular complexity index is 591. The fraction of sp³-hybridized carbons (Fsp3) is 0.429. The van der Waals surface area contributed by atoms with Crippen LogP contribution in [0.15, 0.2) is 28.9 Å². The Balaban J connectivity index is 1.85. The van der Waals surface area contributed by atoms with Crippen molar-refractivity contribution in [3.05, 3.63) is 36.0 Å². The van der Waals surface area contributed by atoms with E-state index in [9.17, 15) is 4.79 Å². The van der Waals surface area contributed by atoms with Crippen LogP contribution < -0.4 is 10.6 Å². The summed E-state index contributed by atoms with van der Waals surface area (Å²) in [5, 5.41) is 9.66. The number of carbonyl (C=O) groups is 1. The van der Waals surface area contributed by atoms with E-state index in [0.29, 0.717) is 18.8 Å². The summed E-state index contributed by atoms with van der Waals surface area (Å²) < 4.78 is 12.1. The molecule has 0 saturated heterocycles. The van der Waals surface area contributed by atoms with Gasteiger partial charge in [-0.3, -0.25) is 4.68 Å². The first-order valence-electron chi connectivity index (χ1n) is 6.73. The van der Waals surface area contributed by atoms with Gasteiger partial charge in [-0.25, -0.2) is 4.79 Å². The molecule has 0 spiro atoms. The fourth-order valence-electron chi connectivity index (χ4n) is 1.86. The third kappa shape index (κ3) is 4.35. The maximum Gasteiger partial charge on any atom is 0.319 e. The number of methoxy groups -OCH3 is 1. The molecule has 21 heavy (non-hydrogen) atoms. The minimum atomic E-state index is -0.303. The Morgan fingerprint density at radius 2 is 2.33 bits per heavy atom. The first kappa shape index (κ1) is 15.1. The van der Waals surface area contributed by atoms with Crippen LogP contribution in [0.1, 0.15) is 24.5 Å². The van der Waals surface area contributed by atoms with Crippen molar-refractivity contribution in [2.75, 3.05) is 19.0 Å². The van der Waals surface area contributed by atoms with Gasteiger partial charge in [-0.2, -0.15) is 5.10 Å². The molecule has 7 heteroatoms. The van der Waals surface area contributed by atoms with E-state index in [1.54, 1.807) is 24.2 Å². The van der Waals surface area contributed by atoms with E-state index in [1.165, 1.54) is 0 Å². The number of furan rings is 1. The van der Waals surface area contributed by atoms with Gasteiger partial charge in [0.2, 0.25) is 0 Å². The molecule has 2 heterocycles. The smallest absolute Gasteiger partial charge is 0.319 e. The number of ether oxygens (including phenoxy) is 1. The predicted molar refractivity (Wildman–Crippen MR) is 78.1 cm³/mol. The quantitative estimate of drug-likeness (QED) is 0.856. The van der Waals surface area contributed by atoms with Gasteiger partial charge in [-0.15, -0.1) is 0 Å². The molecule has 114 valence electrons. The standard InChI is InChI=1S/C14H20N4O3/c1-10-4-5-13(21-10)11(2)16-14(19)17-12-8-15-18(9-12)6-7-20-3/h4-5,8-9,11H,6-7H2,1-3H3,(H2,16,17,19). The summed E-state index contributed by atoms with van der Waals surface area (Å²) >= 11 is 0. The molecule has 1 atom stereocenters. The normalized spacial score (nSPS) is 12.1. The molecule has 0 aliphatic carbocycles. The van der Waals surface area contributed by atoms with Crippen molar-refractivity contribution in [2.24, 2.45) is 0 Å². The van der Waals surface area contributed by atoms with Gasteiger partial charge in [0.15, 0.2) is 0 Å². The topological polar surface area (TPSA) is 81.3 Å². The van der Waals surface area contributed by atoms with E-state index in [2.05, 4.69) is 15.7 Å². The molecule has 0 aromatic carbocycles. The highest BCUT2D eigenvalue weighted by atomic mass is 16.5. The SMILES string of the molecule is COCCn1cc(NC(=O)NC(C)c2ccc(C)o2)cn1. The van der Waals surface area contributed by atoms with Crippen LogP contribution in [0.25, 0.3) is 0 Å². The maximum absolute atomic E-state index is 11.9. The number of amides is 2. The van der Waals surface area contributed by atoms with E-state index in [4.69, 9.17) is 9.15 Å². The molecule has 0 saturated carbocycles. The number of aromatic nitrogens is 2. The lowest BCUT2D eigenvalue weighted by Crippen LogP contribution is -2.30. The van der Waals surface area contributed by atoms with Crippen molar-refractivity contribution in [1.82, 2.24) is 15.1 Å². The first-order chi connectivity index (χ1) is 10.1. The van der Waals surface area contributed by atoms with E-state index in [-0.39, 0.29) is 12.1 Å². The molecule has 7 nitrogen and oxygen atoms in total. The molecule has 2 aromatic heterocycles. The molecule has 0 radical (unpaired) electrons. The van der Waals surface area contributed by atoms with Gasteiger partial charge in [-0.05, 0) is 26.0 Å². The van der Waals surface area contributed by atoms with Crippen molar-refractivity contribution < 1.29 is 13.9 Å². The fourth-order valence-corrected chi connectivity index (χ4v) is 1.86. The molecule has 0 bridgehead atoms. The highest BCUT2D eigenvalue weighted by Crippen LogP contribution is 2.15. The molecule has 2 amide bonds. The Morgan fingerprint density at radius 1 is 1.52 bits per heavy atom. The Labute approximate surface area is 123 Å². The van der Waals surface area contributed by atoms with Gasteiger partial charge in [0.25, 0.3) is 0 Å². The largest absolute Gasteiger partial charge is 0.464 e. The number of nitrogens with one attached hydrogen (secondary N) is 2. The van der Waals surface area contributed by atoms with Crippen molar-refractivity contribution in [1.29, 1.82) is 0 Å². The summed E-state index contributed by atoms with van der Waals surface area (Å²) in [6.45, 7) is 4.94. The molecule has 2 N–H and O–H groups in total. The number of urea groups is 1. The second kappa shape index (κ2) is 6.94. The van der Waals surface area contributed by atoms with Gasteiger partial charge in [0, 0.05) is 13.3 Å². The van der Waals surface area contributed by atoms with E-state index >= 15 is 0 Å². The zero-order chi connectivity index (χ0) is 15.2. The van der Waals surface area contributed by atoms with Gasteiger partial charge in [0.1, 0.15) is 11.5 Å². The van der Waals surface area contributed by atoms with Crippen LogP contribution in [-0.2, 0) is 11.3 Å². The van der Waals surface area contributed by atoms with E-state index < -0.39 is 0 Å². The molecular weight excluding hydrogens is 272 g/mol. The zero-order valence-corrected chi connectivity index (χ0v) is 12.4. The summed E-state index contributed by atoms with van der Waals surface area (Å²) in [4.78, 5) is 11.9. The summed E-state index contributed by atoms with van der Waals surface area (Å²) in [6, 6.07) is 3.21. The van der Waals surface area contributed by atoms with E-state index in [1.807, 2.05) is 26.0 Å². The van der Waals surface area contributed by atoms with Crippen molar-refractivity contribution in [2.45, 2.75) is 26.4 Å². The van der Waals surface area contributed by atoms with Crippen LogP contribution in [0.4, 0.5) is 10.5 Å². The van der Waals surface area contributed by atoms with Crippen LogP contribution in [-0.4, -0.2) is 29.5 Å². The monoisotopic (exact) mass is 292 g/mol. The van der Waals surface area contributed by atoms with Gasteiger partial charge in [0.05, 0.1) is 31.1 Å². The van der Waals surface area contributed by atoms with Crippen LogP contribution in [0.3, 0.4) is 0 Å². The van der Waals surface area contributed by atoms with Crippen molar-refractivity contribution in [3.8, 4) is 0 Å². The lowest BCUT2D eigenvalue weighted by atomic mass is 10.2. The number of aryl methyl sites for hydroxylation is 1. The summed E-state index contributed by atoms with van der Waals surface area (Å²) in [6.07, 6.45) is 3.34. The highest BCUT2D eigenvalue weighted by molar-refractivity contribution is 5.89. The van der Waals surface area contributed by atoms with Crippen molar-refractivity contribution in [3.63, 3.8) is 0 Å². The number of nitrogens with zero attached hydrogens (tertiary/aromatic N) is 2. The molecular formula is C14H20N4O3. The molecule has 1 unspecified atom stereocenters. The number of carbonyl (C=O) groups excluding carboxylic acids is 1. The Morgan fingerprint density at radius 3 is 3.00 bits per heavy atom. The van der Waals surface area contributed by atoms with Crippen LogP contribution >= 0.6 is 0 Å². The van der Waals surface area contributed by atoms with Crippen LogP contribution in [0.2, 0.25) is 0 Å². The number of hydrogen-bond acceptors (Lipinski definition) is 4. The van der Waals surface area contributed by atoms with Crippen LogP contribution in [0, 0.1) is 6.92 Å². The maximum atomic E-state index is 11.9. The highest BCUT2D eigenvalue weighted by Gasteiger charge is 2.13. The Kier molecular flexibility index (Phi) is 4.99. The van der Waals surface area contributed by atoms with Crippen LogP contribution in [0.5, 0.6) is 0 Å². The third-order valence-electron chi connectivity index (χ3n) is 2.95.